The smallest absolute Gasteiger partial charge is 0.242 e. The first-order chi connectivity index (χ1) is 7.19. The molecule has 0 aromatic carbocycles. The van der Waals surface area contributed by atoms with E-state index in [0.29, 0.717) is 26.2 Å². The van der Waals surface area contributed by atoms with Gasteiger partial charge in [-0.2, -0.15) is 11.8 Å². The van der Waals surface area contributed by atoms with Crippen molar-refractivity contribution in [2.75, 3.05) is 31.3 Å². The Morgan fingerprint density at radius 3 is 3.13 bits per heavy atom. The predicted octanol–water partition coefficient (Wildman–Crippen LogP) is 0.140. The van der Waals surface area contributed by atoms with Crippen LogP contribution in [0.25, 0.3) is 0 Å². The van der Waals surface area contributed by atoms with Gasteiger partial charge in [0.05, 0.1) is 6.61 Å². The highest BCUT2D eigenvalue weighted by Gasteiger charge is 2.37. The number of nitrogens with one attached hydrogen (secondary N) is 1. The van der Waals surface area contributed by atoms with Gasteiger partial charge in [0.1, 0.15) is 5.54 Å². The zero-order chi connectivity index (χ0) is 11.1. The van der Waals surface area contributed by atoms with Gasteiger partial charge in [0.2, 0.25) is 5.91 Å². The summed E-state index contributed by atoms with van der Waals surface area (Å²) in [4.78, 5) is 11.7. The van der Waals surface area contributed by atoms with Gasteiger partial charge in [-0.3, -0.25) is 4.79 Å². The first kappa shape index (κ1) is 12.5. The van der Waals surface area contributed by atoms with Crippen molar-refractivity contribution in [3.63, 3.8) is 0 Å². The molecule has 0 aromatic heterocycles. The highest BCUT2D eigenvalue weighted by Crippen LogP contribution is 2.15. The van der Waals surface area contributed by atoms with Gasteiger partial charge in [-0.1, -0.05) is 6.08 Å². The van der Waals surface area contributed by atoms with Crippen molar-refractivity contribution >= 4 is 17.7 Å². The van der Waals surface area contributed by atoms with Gasteiger partial charge >= 0.3 is 0 Å². The molecule has 4 nitrogen and oxygen atoms in total. The highest BCUT2D eigenvalue weighted by atomic mass is 32.2. The van der Waals surface area contributed by atoms with E-state index in [1.165, 1.54) is 0 Å². The highest BCUT2D eigenvalue weighted by molar-refractivity contribution is 7.99. The third-order valence-corrected chi connectivity index (χ3v) is 3.24. The molecule has 15 heavy (non-hydrogen) atoms. The molecule has 86 valence electrons. The molecule has 0 aromatic rings. The Kier molecular flexibility index (Phi) is 5.14. The summed E-state index contributed by atoms with van der Waals surface area (Å²) < 4.78 is 5.12. The number of carbonyl (C=O) groups excluding carboxylic acids is 1. The molecule has 1 atom stereocenters. The van der Waals surface area contributed by atoms with E-state index in [9.17, 15) is 4.79 Å². The molecule has 1 unspecified atom stereocenters. The average Bonchev–Trinajstić information content (AvgIpc) is 2.66. The maximum absolute atomic E-state index is 11.7. The topological polar surface area (TPSA) is 64.4 Å². The molecule has 1 fully saturated rings. The van der Waals surface area contributed by atoms with Gasteiger partial charge < -0.3 is 15.8 Å². The zero-order valence-corrected chi connectivity index (χ0v) is 9.65. The maximum Gasteiger partial charge on any atom is 0.242 e. The number of ether oxygens (including phenoxy) is 1. The Hall–Kier alpha value is -0.520. The molecule has 0 radical (unpaired) electrons. The number of thioether (sulfide) groups is 1. The van der Waals surface area contributed by atoms with Crippen molar-refractivity contribution in [3.8, 4) is 0 Å². The summed E-state index contributed by atoms with van der Waals surface area (Å²) >= 11 is 1.73. The van der Waals surface area contributed by atoms with Gasteiger partial charge in [-0.25, -0.2) is 0 Å². The predicted molar refractivity (Wildman–Crippen MR) is 62.9 cm³/mol. The van der Waals surface area contributed by atoms with Crippen LogP contribution >= 0.6 is 11.8 Å². The third kappa shape index (κ3) is 3.85. The summed E-state index contributed by atoms with van der Waals surface area (Å²) in [5, 5.41) is 2.82. The van der Waals surface area contributed by atoms with Crippen LogP contribution in [0.1, 0.15) is 6.42 Å². The van der Waals surface area contributed by atoms with E-state index in [2.05, 4.69) is 11.9 Å². The second kappa shape index (κ2) is 6.15. The van der Waals surface area contributed by atoms with Crippen molar-refractivity contribution in [1.29, 1.82) is 0 Å². The molecular weight excluding hydrogens is 212 g/mol. The quantitative estimate of drug-likeness (QED) is 0.503. The molecular formula is C10H18N2O2S. The summed E-state index contributed by atoms with van der Waals surface area (Å²) in [5.41, 5.74) is 5.08. The molecule has 1 amide bonds. The first-order valence-electron chi connectivity index (χ1n) is 5.02. The summed E-state index contributed by atoms with van der Waals surface area (Å²) in [6.45, 7) is 5.18. The van der Waals surface area contributed by atoms with Gasteiger partial charge in [-0.15, -0.1) is 6.58 Å². The van der Waals surface area contributed by atoms with Gasteiger partial charge in [-0.05, 0) is 6.42 Å². The zero-order valence-electron chi connectivity index (χ0n) is 8.83. The lowest BCUT2D eigenvalue weighted by Crippen LogP contribution is -2.54. The van der Waals surface area contributed by atoms with Gasteiger partial charge in [0, 0.05) is 24.7 Å². The number of hydrogen-bond acceptors (Lipinski definition) is 4. The number of amides is 1. The fraction of sp³-hybridized carbons (Fsp3) is 0.700. The molecule has 1 heterocycles. The van der Waals surface area contributed by atoms with E-state index in [0.717, 1.165) is 11.5 Å². The van der Waals surface area contributed by atoms with Crippen molar-refractivity contribution in [3.05, 3.63) is 12.7 Å². The summed E-state index contributed by atoms with van der Waals surface area (Å²) in [5.74, 6) is 1.70. The monoisotopic (exact) mass is 230 g/mol. The molecule has 1 aliphatic heterocycles. The molecule has 0 bridgehead atoms. The Bertz CT molecular complexity index is 227. The minimum Gasteiger partial charge on any atom is -0.379 e. The standard InChI is InChI=1S/C10H18N2O2S/c1-2-6-15-7-4-12-9(13)10(11)3-5-14-8-10/h2H,1,3-8,11H2,(H,12,13). The number of nitrogens with two attached hydrogens (primary N) is 1. The lowest BCUT2D eigenvalue weighted by Gasteiger charge is -2.20. The Labute approximate surface area is 94.6 Å². The molecule has 0 aliphatic carbocycles. The van der Waals surface area contributed by atoms with Crippen LogP contribution in [0.2, 0.25) is 0 Å². The van der Waals surface area contributed by atoms with Gasteiger partial charge in [0.25, 0.3) is 0 Å². The summed E-state index contributed by atoms with van der Waals surface area (Å²) in [6.07, 6.45) is 2.46. The van der Waals surface area contributed by atoms with Gasteiger partial charge in [0.15, 0.2) is 0 Å². The van der Waals surface area contributed by atoms with E-state index in [4.69, 9.17) is 10.5 Å². The Balaban J connectivity index is 2.15. The Morgan fingerprint density at radius 2 is 2.53 bits per heavy atom. The van der Waals surface area contributed by atoms with Crippen molar-refractivity contribution in [2.45, 2.75) is 12.0 Å². The van der Waals surface area contributed by atoms with E-state index in [1.807, 2.05) is 6.08 Å². The third-order valence-electron chi connectivity index (χ3n) is 2.27. The van der Waals surface area contributed by atoms with Crippen LogP contribution in [-0.4, -0.2) is 42.7 Å². The first-order valence-corrected chi connectivity index (χ1v) is 6.18. The van der Waals surface area contributed by atoms with E-state index >= 15 is 0 Å². The molecule has 5 heteroatoms. The largest absolute Gasteiger partial charge is 0.379 e. The normalized spacial score (nSPS) is 25.1. The van der Waals surface area contributed by atoms with Crippen LogP contribution in [-0.2, 0) is 9.53 Å². The van der Waals surface area contributed by atoms with Crippen LogP contribution in [0.4, 0.5) is 0 Å². The van der Waals surface area contributed by atoms with E-state index in [1.54, 1.807) is 11.8 Å². The van der Waals surface area contributed by atoms with Crippen molar-refractivity contribution < 1.29 is 9.53 Å². The van der Waals surface area contributed by atoms with Crippen LogP contribution in [0.15, 0.2) is 12.7 Å². The maximum atomic E-state index is 11.7. The number of rotatable bonds is 6. The molecule has 0 spiro atoms. The minimum atomic E-state index is -0.802. The second-order valence-corrected chi connectivity index (χ2v) is 4.73. The molecule has 0 saturated carbocycles. The Morgan fingerprint density at radius 1 is 1.73 bits per heavy atom. The molecule has 1 saturated heterocycles. The fourth-order valence-corrected chi connectivity index (χ4v) is 1.92. The molecule has 1 rings (SSSR count). The van der Waals surface area contributed by atoms with Crippen molar-refractivity contribution in [2.24, 2.45) is 5.73 Å². The second-order valence-electron chi connectivity index (χ2n) is 3.58. The fourth-order valence-electron chi connectivity index (χ4n) is 1.34. The average molecular weight is 230 g/mol. The SMILES string of the molecule is C=CCSCCNC(=O)C1(N)CCOC1. The van der Waals surface area contributed by atoms with E-state index < -0.39 is 5.54 Å². The number of hydrogen-bond donors (Lipinski definition) is 2. The van der Waals surface area contributed by atoms with E-state index in [-0.39, 0.29) is 5.91 Å². The molecule has 3 N–H and O–H groups in total. The lowest BCUT2D eigenvalue weighted by atomic mass is 9.99. The minimum absolute atomic E-state index is 0.0980. The number of carbonyl (C=O) groups is 1. The van der Waals surface area contributed by atoms with Crippen LogP contribution in [0.3, 0.4) is 0 Å². The van der Waals surface area contributed by atoms with Crippen LogP contribution < -0.4 is 11.1 Å². The van der Waals surface area contributed by atoms with Crippen LogP contribution in [0, 0.1) is 0 Å². The summed E-state index contributed by atoms with van der Waals surface area (Å²) in [6, 6.07) is 0. The molecule has 1 aliphatic rings. The lowest BCUT2D eigenvalue weighted by molar-refractivity contribution is -0.126. The van der Waals surface area contributed by atoms with Crippen LogP contribution in [0.5, 0.6) is 0 Å². The summed E-state index contributed by atoms with van der Waals surface area (Å²) in [7, 11) is 0. The van der Waals surface area contributed by atoms with Crippen molar-refractivity contribution in [1.82, 2.24) is 5.32 Å².